The lowest BCUT2D eigenvalue weighted by Crippen LogP contribution is -2.13. The Bertz CT molecular complexity index is 1000. The number of methoxy groups -OCH3 is 1. The number of pyridine rings is 1. The number of rotatable bonds is 7. The van der Waals surface area contributed by atoms with E-state index in [1.165, 1.54) is 0 Å². The molecule has 0 fully saturated rings. The van der Waals surface area contributed by atoms with E-state index in [9.17, 15) is 4.79 Å². The van der Waals surface area contributed by atoms with Crippen LogP contribution in [0.3, 0.4) is 0 Å². The second-order valence-corrected chi connectivity index (χ2v) is 6.88. The Morgan fingerprint density at radius 2 is 1.79 bits per heavy atom. The molecule has 0 saturated carbocycles. The molecule has 0 radical (unpaired) electrons. The average Bonchev–Trinajstić information content (AvgIpc) is 2.69. The third-order valence-electron chi connectivity index (χ3n) is 4.14. The van der Waals surface area contributed by atoms with Crippen LogP contribution in [0.1, 0.15) is 29.8 Å². The molecule has 1 heterocycles. The lowest BCUT2D eigenvalue weighted by Gasteiger charge is -2.15. The van der Waals surface area contributed by atoms with Gasteiger partial charge in [-0.25, -0.2) is 4.98 Å². The summed E-state index contributed by atoms with van der Waals surface area (Å²) in [5.74, 6) is 1.64. The maximum Gasteiger partial charge on any atom is 0.255 e. The molecule has 29 heavy (non-hydrogen) atoms. The molecule has 3 aromatic rings. The lowest BCUT2D eigenvalue weighted by molar-refractivity contribution is 0.102. The smallest absolute Gasteiger partial charge is 0.255 e. The van der Waals surface area contributed by atoms with Gasteiger partial charge in [-0.3, -0.25) is 4.79 Å². The number of carbonyl (C=O) groups excluding carboxylic acids is 1. The van der Waals surface area contributed by atoms with Gasteiger partial charge in [-0.1, -0.05) is 18.2 Å². The average molecular weight is 391 g/mol. The number of carbonyl (C=O) groups is 1. The van der Waals surface area contributed by atoms with Crippen LogP contribution in [-0.2, 0) is 0 Å². The highest BCUT2D eigenvalue weighted by Gasteiger charge is 2.12. The van der Waals surface area contributed by atoms with Gasteiger partial charge in [0.25, 0.3) is 5.91 Å². The van der Waals surface area contributed by atoms with E-state index in [-0.39, 0.29) is 12.0 Å². The molecule has 1 amide bonds. The van der Waals surface area contributed by atoms with Crippen molar-refractivity contribution in [3.63, 3.8) is 0 Å². The van der Waals surface area contributed by atoms with Crippen molar-refractivity contribution in [3.05, 3.63) is 71.9 Å². The van der Waals surface area contributed by atoms with E-state index in [0.717, 1.165) is 17.0 Å². The van der Waals surface area contributed by atoms with E-state index in [4.69, 9.17) is 9.47 Å². The summed E-state index contributed by atoms with van der Waals surface area (Å²) in [5.41, 5.74) is 2.92. The van der Waals surface area contributed by atoms with Gasteiger partial charge in [0.1, 0.15) is 17.3 Å². The summed E-state index contributed by atoms with van der Waals surface area (Å²) in [7, 11) is 1.57. The Morgan fingerprint density at radius 1 is 1.00 bits per heavy atom. The molecule has 6 heteroatoms. The number of nitrogens with zero attached hydrogens (tertiary/aromatic N) is 1. The fraction of sp³-hybridized carbons (Fsp3) is 0.217. The summed E-state index contributed by atoms with van der Waals surface area (Å²) in [4.78, 5) is 17.1. The Morgan fingerprint density at radius 3 is 2.55 bits per heavy atom. The topological polar surface area (TPSA) is 72.5 Å². The quantitative estimate of drug-likeness (QED) is 0.580. The molecule has 0 spiro atoms. The molecular formula is C23H25N3O3. The Hall–Kier alpha value is -3.54. The largest absolute Gasteiger partial charge is 0.495 e. The van der Waals surface area contributed by atoms with Crippen LogP contribution in [0.25, 0.3) is 0 Å². The summed E-state index contributed by atoms with van der Waals surface area (Å²) >= 11 is 0. The number of ether oxygens (including phenoxy) is 2. The Labute approximate surface area is 170 Å². The van der Waals surface area contributed by atoms with Crippen LogP contribution in [0.2, 0.25) is 0 Å². The van der Waals surface area contributed by atoms with Crippen LogP contribution in [0, 0.1) is 6.92 Å². The van der Waals surface area contributed by atoms with Gasteiger partial charge in [-0.05, 0) is 62.7 Å². The zero-order chi connectivity index (χ0) is 20.8. The van der Waals surface area contributed by atoms with E-state index in [2.05, 4.69) is 15.6 Å². The van der Waals surface area contributed by atoms with E-state index < -0.39 is 0 Å². The Kier molecular flexibility index (Phi) is 6.34. The molecule has 0 unspecified atom stereocenters. The monoisotopic (exact) mass is 391 g/mol. The van der Waals surface area contributed by atoms with Crippen LogP contribution in [0.4, 0.5) is 17.2 Å². The highest BCUT2D eigenvalue weighted by Crippen LogP contribution is 2.28. The Balaban J connectivity index is 1.80. The highest BCUT2D eigenvalue weighted by atomic mass is 16.5. The van der Waals surface area contributed by atoms with Crippen molar-refractivity contribution in [2.45, 2.75) is 26.9 Å². The highest BCUT2D eigenvalue weighted by molar-refractivity contribution is 6.05. The molecule has 3 rings (SSSR count). The number of benzene rings is 2. The fourth-order valence-corrected chi connectivity index (χ4v) is 2.82. The van der Waals surface area contributed by atoms with Gasteiger partial charge in [0.15, 0.2) is 0 Å². The van der Waals surface area contributed by atoms with Crippen molar-refractivity contribution in [3.8, 4) is 11.5 Å². The molecule has 0 aliphatic carbocycles. The van der Waals surface area contributed by atoms with Crippen LogP contribution in [0.15, 0.2) is 60.8 Å². The van der Waals surface area contributed by atoms with E-state index in [1.807, 2.05) is 63.2 Å². The second-order valence-electron chi connectivity index (χ2n) is 6.88. The van der Waals surface area contributed by atoms with Gasteiger partial charge in [0.2, 0.25) is 0 Å². The lowest BCUT2D eigenvalue weighted by atomic mass is 10.2. The number of nitrogens with one attached hydrogen (secondary N) is 2. The van der Waals surface area contributed by atoms with Gasteiger partial charge < -0.3 is 20.1 Å². The van der Waals surface area contributed by atoms with Gasteiger partial charge in [-0.15, -0.1) is 0 Å². The molecule has 2 aromatic carbocycles. The fourth-order valence-electron chi connectivity index (χ4n) is 2.82. The molecule has 6 nitrogen and oxygen atoms in total. The standard InChI is InChI=1S/C23H25N3O3/c1-15(2)29-21-8-6-5-7-18(21)25-22-14-17(11-12-24-22)23(27)26-19-13-16(3)9-10-20(19)28-4/h5-15H,1-4H3,(H,24,25)(H,26,27). The summed E-state index contributed by atoms with van der Waals surface area (Å²) in [5, 5.41) is 6.13. The number of amides is 1. The first-order valence-corrected chi connectivity index (χ1v) is 9.41. The number of aromatic nitrogens is 1. The van der Waals surface area contributed by atoms with Gasteiger partial charge in [-0.2, -0.15) is 0 Å². The van der Waals surface area contributed by atoms with Gasteiger partial charge in [0, 0.05) is 11.8 Å². The van der Waals surface area contributed by atoms with Crippen molar-refractivity contribution < 1.29 is 14.3 Å². The molecule has 0 saturated heterocycles. The SMILES string of the molecule is COc1ccc(C)cc1NC(=O)c1ccnc(Nc2ccccc2OC(C)C)c1. The molecule has 1 aromatic heterocycles. The summed E-state index contributed by atoms with van der Waals surface area (Å²) < 4.78 is 11.2. The number of hydrogen-bond acceptors (Lipinski definition) is 5. The zero-order valence-corrected chi connectivity index (χ0v) is 17.0. The summed E-state index contributed by atoms with van der Waals surface area (Å²) in [6, 6.07) is 16.6. The molecule has 2 N–H and O–H groups in total. The van der Waals surface area contributed by atoms with E-state index >= 15 is 0 Å². The normalized spacial score (nSPS) is 10.5. The molecule has 150 valence electrons. The van der Waals surface area contributed by atoms with Crippen molar-refractivity contribution in [2.75, 3.05) is 17.7 Å². The van der Waals surface area contributed by atoms with Crippen LogP contribution in [-0.4, -0.2) is 24.1 Å². The van der Waals surface area contributed by atoms with Crippen molar-refractivity contribution in [1.82, 2.24) is 4.98 Å². The summed E-state index contributed by atoms with van der Waals surface area (Å²) in [6.07, 6.45) is 1.64. The van der Waals surface area contributed by atoms with Crippen LogP contribution < -0.4 is 20.1 Å². The van der Waals surface area contributed by atoms with Gasteiger partial charge >= 0.3 is 0 Å². The predicted molar refractivity (Wildman–Crippen MR) is 115 cm³/mol. The minimum atomic E-state index is -0.244. The number of para-hydroxylation sites is 2. The maximum atomic E-state index is 12.8. The third-order valence-corrected chi connectivity index (χ3v) is 4.14. The van der Waals surface area contributed by atoms with Gasteiger partial charge in [0.05, 0.1) is 24.6 Å². The third kappa shape index (κ3) is 5.25. The van der Waals surface area contributed by atoms with E-state index in [1.54, 1.807) is 25.4 Å². The van der Waals surface area contributed by atoms with Crippen LogP contribution in [0.5, 0.6) is 11.5 Å². The first kappa shape index (κ1) is 20.2. The molecule has 0 aliphatic heterocycles. The first-order chi connectivity index (χ1) is 14.0. The predicted octanol–water partition coefficient (Wildman–Crippen LogP) is 5.18. The number of anilines is 3. The minimum absolute atomic E-state index is 0.0485. The number of aryl methyl sites for hydroxylation is 1. The molecule has 0 atom stereocenters. The molecule has 0 bridgehead atoms. The number of hydrogen-bond donors (Lipinski definition) is 2. The summed E-state index contributed by atoms with van der Waals surface area (Å²) in [6.45, 7) is 5.90. The van der Waals surface area contributed by atoms with Crippen molar-refractivity contribution >= 4 is 23.1 Å². The first-order valence-electron chi connectivity index (χ1n) is 9.41. The van der Waals surface area contributed by atoms with Crippen molar-refractivity contribution in [1.29, 1.82) is 0 Å². The van der Waals surface area contributed by atoms with Crippen LogP contribution >= 0.6 is 0 Å². The van der Waals surface area contributed by atoms with E-state index in [0.29, 0.717) is 22.8 Å². The zero-order valence-electron chi connectivity index (χ0n) is 17.0. The maximum absolute atomic E-state index is 12.8. The molecular weight excluding hydrogens is 366 g/mol. The minimum Gasteiger partial charge on any atom is -0.495 e. The van der Waals surface area contributed by atoms with Crippen molar-refractivity contribution in [2.24, 2.45) is 0 Å². The molecule has 0 aliphatic rings. The second kappa shape index (κ2) is 9.10.